The number of rotatable bonds is 6. The fraction of sp³-hybridized carbons (Fsp3) is 0.286. The molecule has 6 nitrogen and oxygen atoms in total. The van der Waals surface area contributed by atoms with Gasteiger partial charge >= 0.3 is 0 Å². The van der Waals surface area contributed by atoms with Crippen molar-refractivity contribution in [3.8, 4) is 23.1 Å². The van der Waals surface area contributed by atoms with Crippen molar-refractivity contribution in [1.29, 1.82) is 0 Å². The minimum atomic E-state index is 0.342. The SMILES string of the molecule is CCNc1ncnc(Oc2ccc(OC)cc2Br)c1OC. The van der Waals surface area contributed by atoms with Gasteiger partial charge in [0.15, 0.2) is 5.82 Å². The van der Waals surface area contributed by atoms with Crippen molar-refractivity contribution < 1.29 is 14.2 Å². The number of nitrogens with one attached hydrogen (secondary N) is 1. The molecule has 0 amide bonds. The second kappa shape index (κ2) is 7.12. The van der Waals surface area contributed by atoms with Gasteiger partial charge in [-0.3, -0.25) is 0 Å². The number of aromatic nitrogens is 2. The maximum atomic E-state index is 5.80. The van der Waals surface area contributed by atoms with E-state index in [0.29, 0.717) is 23.2 Å². The molecule has 0 aliphatic rings. The Hall–Kier alpha value is -2.02. The summed E-state index contributed by atoms with van der Waals surface area (Å²) in [6, 6.07) is 5.41. The molecule has 1 heterocycles. The van der Waals surface area contributed by atoms with Crippen LogP contribution >= 0.6 is 15.9 Å². The molecule has 0 aliphatic heterocycles. The van der Waals surface area contributed by atoms with Crippen LogP contribution in [-0.4, -0.2) is 30.7 Å². The number of hydrogen-bond donors (Lipinski definition) is 1. The first kappa shape index (κ1) is 15.4. The highest BCUT2D eigenvalue weighted by molar-refractivity contribution is 9.10. The zero-order valence-corrected chi connectivity index (χ0v) is 13.6. The largest absolute Gasteiger partial charge is 0.497 e. The quantitative estimate of drug-likeness (QED) is 0.857. The fourth-order valence-corrected chi connectivity index (χ4v) is 2.14. The molecule has 1 aromatic carbocycles. The van der Waals surface area contributed by atoms with Gasteiger partial charge in [0.05, 0.1) is 18.7 Å². The molecular formula is C14H16BrN3O3. The van der Waals surface area contributed by atoms with E-state index in [0.717, 1.165) is 16.8 Å². The van der Waals surface area contributed by atoms with Crippen molar-refractivity contribution in [2.45, 2.75) is 6.92 Å². The third kappa shape index (κ3) is 3.55. The normalized spacial score (nSPS) is 10.1. The molecular weight excluding hydrogens is 338 g/mol. The van der Waals surface area contributed by atoms with E-state index < -0.39 is 0 Å². The van der Waals surface area contributed by atoms with Gasteiger partial charge in [-0.1, -0.05) is 0 Å². The molecule has 0 atom stereocenters. The van der Waals surface area contributed by atoms with Crippen LogP contribution in [0.15, 0.2) is 29.0 Å². The number of benzene rings is 1. The zero-order chi connectivity index (χ0) is 15.2. The Balaban J connectivity index is 2.33. The van der Waals surface area contributed by atoms with E-state index in [1.165, 1.54) is 6.33 Å². The molecule has 0 saturated carbocycles. The molecule has 0 spiro atoms. The summed E-state index contributed by atoms with van der Waals surface area (Å²) < 4.78 is 17.0. The maximum absolute atomic E-state index is 5.80. The summed E-state index contributed by atoms with van der Waals surface area (Å²) in [5.74, 6) is 2.73. The molecule has 0 fully saturated rings. The Bertz CT molecular complexity index is 622. The number of anilines is 1. The molecule has 2 aromatic rings. The lowest BCUT2D eigenvalue weighted by molar-refractivity contribution is 0.367. The summed E-state index contributed by atoms with van der Waals surface area (Å²) in [5, 5.41) is 3.10. The highest BCUT2D eigenvalue weighted by atomic mass is 79.9. The van der Waals surface area contributed by atoms with Crippen LogP contribution in [0.25, 0.3) is 0 Å². The van der Waals surface area contributed by atoms with E-state index in [1.807, 2.05) is 13.0 Å². The molecule has 0 saturated heterocycles. The Morgan fingerprint density at radius 2 is 2.00 bits per heavy atom. The van der Waals surface area contributed by atoms with Crippen LogP contribution in [0, 0.1) is 0 Å². The Labute approximate surface area is 131 Å². The second-order valence-electron chi connectivity index (χ2n) is 3.99. The third-order valence-corrected chi connectivity index (χ3v) is 3.28. The summed E-state index contributed by atoms with van der Waals surface area (Å²) >= 11 is 3.44. The number of halogens is 1. The summed E-state index contributed by atoms with van der Waals surface area (Å²) in [6.07, 6.45) is 1.42. The van der Waals surface area contributed by atoms with Crippen LogP contribution < -0.4 is 19.5 Å². The number of hydrogen-bond acceptors (Lipinski definition) is 6. The highest BCUT2D eigenvalue weighted by Crippen LogP contribution is 2.37. The number of methoxy groups -OCH3 is 2. The van der Waals surface area contributed by atoms with E-state index >= 15 is 0 Å². The third-order valence-electron chi connectivity index (χ3n) is 2.67. The van der Waals surface area contributed by atoms with Crippen LogP contribution in [0.4, 0.5) is 5.82 Å². The monoisotopic (exact) mass is 353 g/mol. The standard InChI is InChI=1S/C14H16BrN3O3/c1-4-16-13-12(20-3)14(18-8-17-13)21-11-6-5-9(19-2)7-10(11)15/h5-8H,4H2,1-3H3,(H,16,17,18). The van der Waals surface area contributed by atoms with E-state index in [9.17, 15) is 0 Å². The lowest BCUT2D eigenvalue weighted by Crippen LogP contribution is -2.04. The zero-order valence-electron chi connectivity index (χ0n) is 12.0. The van der Waals surface area contributed by atoms with Crippen LogP contribution in [-0.2, 0) is 0 Å². The average molecular weight is 354 g/mol. The van der Waals surface area contributed by atoms with E-state index in [2.05, 4.69) is 31.2 Å². The van der Waals surface area contributed by atoms with Gasteiger partial charge in [-0.05, 0) is 41.1 Å². The first-order valence-electron chi connectivity index (χ1n) is 6.33. The molecule has 0 aliphatic carbocycles. The second-order valence-corrected chi connectivity index (χ2v) is 4.84. The van der Waals surface area contributed by atoms with Gasteiger partial charge in [0.25, 0.3) is 5.88 Å². The lowest BCUT2D eigenvalue weighted by atomic mass is 10.3. The molecule has 2 rings (SSSR count). The number of nitrogens with zero attached hydrogens (tertiary/aromatic N) is 2. The van der Waals surface area contributed by atoms with Crippen LogP contribution in [0.1, 0.15) is 6.92 Å². The Kier molecular flexibility index (Phi) is 5.21. The van der Waals surface area contributed by atoms with Gasteiger partial charge in [0.1, 0.15) is 17.8 Å². The molecule has 21 heavy (non-hydrogen) atoms. The topological polar surface area (TPSA) is 65.5 Å². The highest BCUT2D eigenvalue weighted by Gasteiger charge is 2.15. The summed E-state index contributed by atoms with van der Waals surface area (Å²) in [7, 11) is 3.16. The van der Waals surface area contributed by atoms with Crippen LogP contribution in [0.2, 0.25) is 0 Å². The maximum Gasteiger partial charge on any atom is 0.268 e. The predicted octanol–water partition coefficient (Wildman–Crippen LogP) is 3.48. The van der Waals surface area contributed by atoms with Crippen molar-refractivity contribution in [3.63, 3.8) is 0 Å². The van der Waals surface area contributed by atoms with Gasteiger partial charge in [-0.15, -0.1) is 0 Å². The molecule has 0 radical (unpaired) electrons. The van der Waals surface area contributed by atoms with Crippen molar-refractivity contribution in [3.05, 3.63) is 29.0 Å². The minimum absolute atomic E-state index is 0.342. The fourth-order valence-electron chi connectivity index (χ4n) is 1.70. The molecule has 112 valence electrons. The minimum Gasteiger partial charge on any atom is -0.497 e. The van der Waals surface area contributed by atoms with Crippen molar-refractivity contribution in [2.75, 3.05) is 26.1 Å². The molecule has 0 unspecified atom stereocenters. The average Bonchev–Trinajstić information content (AvgIpc) is 2.50. The molecule has 7 heteroatoms. The van der Waals surface area contributed by atoms with Crippen molar-refractivity contribution in [1.82, 2.24) is 9.97 Å². The van der Waals surface area contributed by atoms with Crippen molar-refractivity contribution in [2.24, 2.45) is 0 Å². The smallest absolute Gasteiger partial charge is 0.268 e. The van der Waals surface area contributed by atoms with Gasteiger partial charge in [-0.2, -0.15) is 4.98 Å². The van der Waals surface area contributed by atoms with E-state index in [1.54, 1.807) is 26.4 Å². The number of ether oxygens (including phenoxy) is 3. The molecule has 0 bridgehead atoms. The van der Waals surface area contributed by atoms with Gasteiger partial charge in [-0.25, -0.2) is 4.98 Å². The van der Waals surface area contributed by atoms with Crippen LogP contribution in [0.3, 0.4) is 0 Å². The van der Waals surface area contributed by atoms with E-state index in [4.69, 9.17) is 14.2 Å². The lowest BCUT2D eigenvalue weighted by Gasteiger charge is -2.13. The Morgan fingerprint density at radius 3 is 2.62 bits per heavy atom. The summed E-state index contributed by atoms with van der Waals surface area (Å²) in [5.41, 5.74) is 0. The van der Waals surface area contributed by atoms with Gasteiger partial charge in [0, 0.05) is 6.54 Å². The molecule has 1 aromatic heterocycles. The van der Waals surface area contributed by atoms with Gasteiger partial charge < -0.3 is 19.5 Å². The van der Waals surface area contributed by atoms with Gasteiger partial charge in [0.2, 0.25) is 5.75 Å². The first-order chi connectivity index (χ1) is 10.2. The first-order valence-corrected chi connectivity index (χ1v) is 7.13. The summed E-state index contributed by atoms with van der Waals surface area (Å²) in [4.78, 5) is 8.25. The predicted molar refractivity (Wildman–Crippen MR) is 83.5 cm³/mol. The van der Waals surface area contributed by atoms with Crippen molar-refractivity contribution >= 4 is 21.7 Å². The van der Waals surface area contributed by atoms with E-state index in [-0.39, 0.29) is 0 Å². The van der Waals surface area contributed by atoms with Crippen LogP contribution in [0.5, 0.6) is 23.1 Å². The summed E-state index contributed by atoms with van der Waals surface area (Å²) in [6.45, 7) is 2.70. The Morgan fingerprint density at radius 1 is 1.19 bits per heavy atom. The molecule has 1 N–H and O–H groups in total.